The van der Waals surface area contributed by atoms with Gasteiger partial charge < -0.3 is 19.4 Å². The Morgan fingerprint density at radius 1 is 1.17 bits per heavy atom. The van der Waals surface area contributed by atoms with Crippen LogP contribution in [0.5, 0.6) is 0 Å². The van der Waals surface area contributed by atoms with Gasteiger partial charge in [-0.3, -0.25) is 9.59 Å². The van der Waals surface area contributed by atoms with Crippen LogP contribution in [0.2, 0.25) is 0 Å². The molecule has 1 aromatic heterocycles. The lowest BCUT2D eigenvalue weighted by Gasteiger charge is -2.34. The van der Waals surface area contributed by atoms with Gasteiger partial charge in [0.2, 0.25) is 11.8 Å². The number of carbonyl (C=O) groups excluding carboxylic acids is 2. The molecule has 4 rings (SSSR count). The van der Waals surface area contributed by atoms with E-state index >= 15 is 0 Å². The fraction of sp³-hybridized carbons (Fsp3) is 0.464. The molecule has 0 aliphatic carbocycles. The van der Waals surface area contributed by atoms with Crippen molar-refractivity contribution in [2.24, 2.45) is 11.8 Å². The molecular weight excluding hydrogens is 442 g/mol. The van der Waals surface area contributed by atoms with Crippen LogP contribution in [-0.4, -0.2) is 54.5 Å². The third kappa shape index (κ3) is 6.09. The summed E-state index contributed by atoms with van der Waals surface area (Å²) in [7, 11) is 0. The maximum atomic E-state index is 13.2. The topological polar surface area (TPSA) is 84.7 Å². The molecule has 0 bridgehead atoms. The largest absolute Gasteiger partial charge is 0.436 e. The predicted octanol–water partition coefficient (Wildman–Crippen LogP) is 4.83. The second-order valence-electron chi connectivity index (χ2n) is 9.33. The van der Waals surface area contributed by atoms with Crippen molar-refractivity contribution >= 4 is 22.9 Å². The van der Waals surface area contributed by atoms with E-state index < -0.39 is 0 Å². The summed E-state index contributed by atoms with van der Waals surface area (Å²) in [6.07, 6.45) is 2.47. The van der Waals surface area contributed by atoms with Gasteiger partial charge in [0.05, 0.1) is 0 Å². The van der Waals surface area contributed by atoms with Gasteiger partial charge in [-0.05, 0) is 69.4 Å². The Morgan fingerprint density at radius 3 is 2.63 bits per heavy atom. The Labute approximate surface area is 206 Å². The van der Waals surface area contributed by atoms with Gasteiger partial charge in [0.15, 0.2) is 5.58 Å². The van der Waals surface area contributed by atoms with Crippen molar-refractivity contribution in [3.63, 3.8) is 0 Å². The van der Waals surface area contributed by atoms with E-state index in [-0.39, 0.29) is 23.7 Å². The van der Waals surface area contributed by atoms with E-state index in [0.717, 1.165) is 24.8 Å². The van der Waals surface area contributed by atoms with E-state index in [4.69, 9.17) is 9.15 Å². The summed E-state index contributed by atoms with van der Waals surface area (Å²) >= 11 is 0. The number of nitrogens with one attached hydrogen (secondary N) is 1. The number of likely N-dealkylation sites (tertiary alicyclic amines) is 1. The maximum Gasteiger partial charge on any atom is 0.253 e. The zero-order valence-electron chi connectivity index (χ0n) is 20.9. The molecule has 1 aliphatic rings. The molecule has 186 valence electrons. The highest BCUT2D eigenvalue weighted by atomic mass is 16.5. The minimum absolute atomic E-state index is 0.00161. The molecule has 2 heterocycles. The fourth-order valence-electron chi connectivity index (χ4n) is 4.57. The molecule has 35 heavy (non-hydrogen) atoms. The van der Waals surface area contributed by atoms with Crippen molar-refractivity contribution in [1.82, 2.24) is 15.2 Å². The van der Waals surface area contributed by atoms with Crippen LogP contribution in [0.3, 0.4) is 0 Å². The Balaban J connectivity index is 1.32. The quantitative estimate of drug-likeness (QED) is 0.446. The first-order chi connectivity index (χ1) is 17.0. The minimum Gasteiger partial charge on any atom is -0.436 e. The molecule has 1 fully saturated rings. The van der Waals surface area contributed by atoms with Crippen LogP contribution in [0.4, 0.5) is 0 Å². The van der Waals surface area contributed by atoms with E-state index in [1.165, 1.54) is 5.56 Å². The van der Waals surface area contributed by atoms with Crippen LogP contribution in [0.1, 0.15) is 49.0 Å². The Morgan fingerprint density at radius 2 is 1.91 bits per heavy atom. The number of nitrogens with zero attached hydrogens (tertiary/aromatic N) is 2. The van der Waals surface area contributed by atoms with Crippen LogP contribution >= 0.6 is 0 Å². The lowest BCUT2D eigenvalue weighted by Crippen LogP contribution is -2.42. The van der Waals surface area contributed by atoms with E-state index in [1.54, 1.807) is 6.07 Å². The number of hydrogen-bond acceptors (Lipinski definition) is 5. The number of benzene rings is 2. The molecule has 7 heteroatoms. The number of fused-ring (bicyclic) bond motifs is 1. The van der Waals surface area contributed by atoms with Crippen molar-refractivity contribution in [2.45, 2.75) is 40.0 Å². The van der Waals surface area contributed by atoms with Crippen LogP contribution < -0.4 is 5.32 Å². The van der Waals surface area contributed by atoms with Crippen molar-refractivity contribution < 1.29 is 18.7 Å². The standard InChI is InChI=1S/C28H35N3O4/c1-4-34-17-5-14-29-26(32)20(3)21-12-15-31(16-13-21)28(33)23-10-11-25-24(18-23)30-27(35-25)22-8-6-19(2)7-9-22/h6-11,18,20-21H,4-5,12-17H2,1-3H3,(H,29,32)/t20-/m0/s1. The summed E-state index contributed by atoms with van der Waals surface area (Å²) in [6.45, 7) is 9.29. The number of piperidine rings is 1. The van der Waals surface area contributed by atoms with Crippen LogP contribution in [0.15, 0.2) is 46.9 Å². The van der Waals surface area contributed by atoms with Crippen LogP contribution in [0, 0.1) is 18.8 Å². The molecule has 1 aliphatic heterocycles. The van der Waals surface area contributed by atoms with Gasteiger partial charge in [-0.1, -0.05) is 24.6 Å². The van der Waals surface area contributed by atoms with Gasteiger partial charge in [0, 0.05) is 49.9 Å². The lowest BCUT2D eigenvalue weighted by atomic mass is 9.84. The minimum atomic E-state index is -0.0639. The van der Waals surface area contributed by atoms with Crippen molar-refractivity contribution in [1.29, 1.82) is 0 Å². The number of aromatic nitrogens is 1. The average Bonchev–Trinajstić information content (AvgIpc) is 3.31. The second-order valence-corrected chi connectivity index (χ2v) is 9.33. The highest BCUT2D eigenvalue weighted by Gasteiger charge is 2.30. The molecule has 2 amide bonds. The van der Waals surface area contributed by atoms with E-state index in [0.29, 0.717) is 55.4 Å². The van der Waals surface area contributed by atoms with Crippen molar-refractivity contribution in [3.8, 4) is 11.5 Å². The summed E-state index contributed by atoms with van der Waals surface area (Å²) in [5, 5.41) is 3.02. The summed E-state index contributed by atoms with van der Waals surface area (Å²) in [5.74, 6) is 0.855. The second kappa shape index (κ2) is 11.5. The number of aryl methyl sites for hydroxylation is 1. The van der Waals surface area contributed by atoms with Crippen molar-refractivity contribution in [3.05, 3.63) is 53.6 Å². The molecular formula is C28H35N3O4. The van der Waals surface area contributed by atoms with Gasteiger partial charge in [0.1, 0.15) is 5.52 Å². The average molecular weight is 478 g/mol. The van der Waals surface area contributed by atoms with E-state index in [1.807, 2.05) is 62.1 Å². The summed E-state index contributed by atoms with van der Waals surface area (Å²) < 4.78 is 11.2. The molecule has 2 aromatic carbocycles. The summed E-state index contributed by atoms with van der Waals surface area (Å²) in [4.78, 5) is 32.2. The van der Waals surface area contributed by atoms with E-state index in [9.17, 15) is 9.59 Å². The fourth-order valence-corrected chi connectivity index (χ4v) is 4.57. The first kappa shape index (κ1) is 24.9. The third-order valence-electron chi connectivity index (χ3n) is 6.85. The third-order valence-corrected chi connectivity index (χ3v) is 6.85. The van der Waals surface area contributed by atoms with Gasteiger partial charge in [-0.2, -0.15) is 0 Å². The zero-order valence-corrected chi connectivity index (χ0v) is 20.9. The Bertz CT molecular complexity index is 1150. The van der Waals surface area contributed by atoms with Gasteiger partial charge >= 0.3 is 0 Å². The SMILES string of the molecule is CCOCCCNC(=O)[C@@H](C)C1CCN(C(=O)c2ccc3oc(-c4ccc(C)cc4)nc3c2)CC1. The van der Waals surface area contributed by atoms with E-state index in [2.05, 4.69) is 10.3 Å². The molecule has 0 saturated carbocycles. The molecule has 0 unspecified atom stereocenters. The molecule has 3 aromatic rings. The number of rotatable bonds is 9. The first-order valence-electron chi connectivity index (χ1n) is 12.6. The van der Waals surface area contributed by atoms with Gasteiger partial charge in [-0.25, -0.2) is 4.98 Å². The van der Waals surface area contributed by atoms with Gasteiger partial charge in [-0.15, -0.1) is 0 Å². The molecule has 1 saturated heterocycles. The number of oxazole rings is 1. The predicted molar refractivity (Wildman–Crippen MR) is 136 cm³/mol. The first-order valence-corrected chi connectivity index (χ1v) is 12.6. The van der Waals surface area contributed by atoms with Crippen LogP contribution in [-0.2, 0) is 9.53 Å². The number of amides is 2. The number of carbonyl (C=O) groups is 2. The molecule has 1 atom stereocenters. The maximum absolute atomic E-state index is 13.2. The van der Waals surface area contributed by atoms with Crippen LogP contribution in [0.25, 0.3) is 22.6 Å². The highest BCUT2D eigenvalue weighted by molar-refractivity contribution is 5.97. The molecule has 0 spiro atoms. The summed E-state index contributed by atoms with van der Waals surface area (Å²) in [6, 6.07) is 13.4. The number of hydrogen-bond donors (Lipinski definition) is 1. The molecule has 0 radical (unpaired) electrons. The van der Waals surface area contributed by atoms with Crippen molar-refractivity contribution in [2.75, 3.05) is 32.8 Å². The summed E-state index contributed by atoms with van der Waals surface area (Å²) in [5.41, 5.74) is 4.04. The Hall–Kier alpha value is -3.19. The molecule has 1 N–H and O–H groups in total. The van der Waals surface area contributed by atoms with Gasteiger partial charge in [0.25, 0.3) is 5.91 Å². The lowest BCUT2D eigenvalue weighted by molar-refractivity contribution is -0.126. The number of ether oxygens (including phenoxy) is 1. The zero-order chi connectivity index (χ0) is 24.8. The Kier molecular flexibility index (Phi) is 8.18. The normalized spacial score (nSPS) is 15.3. The molecule has 7 nitrogen and oxygen atoms in total. The monoisotopic (exact) mass is 477 g/mol. The highest BCUT2D eigenvalue weighted by Crippen LogP contribution is 2.28. The smallest absolute Gasteiger partial charge is 0.253 e.